The van der Waals surface area contributed by atoms with Crippen LogP contribution in [0.2, 0.25) is 0 Å². The second kappa shape index (κ2) is 9.51. The van der Waals surface area contributed by atoms with Crippen molar-refractivity contribution in [3.63, 3.8) is 0 Å². The zero-order valence-electron chi connectivity index (χ0n) is 16.5. The van der Waals surface area contributed by atoms with Crippen molar-refractivity contribution in [1.29, 1.82) is 0 Å². The van der Waals surface area contributed by atoms with Crippen LogP contribution in [0.5, 0.6) is 0 Å². The number of hydrogen-bond donors (Lipinski definition) is 2. The number of aryl methyl sites for hydroxylation is 1. The number of nitrogens with one attached hydrogen (secondary N) is 2. The maximum atomic E-state index is 13.2. The van der Waals surface area contributed by atoms with E-state index in [1.54, 1.807) is 0 Å². The lowest BCUT2D eigenvalue weighted by atomic mass is 9.94. The summed E-state index contributed by atoms with van der Waals surface area (Å²) in [6, 6.07) is 0.338. The molecule has 0 radical (unpaired) electrons. The fourth-order valence-corrected chi connectivity index (χ4v) is 4.22. The number of aromatic nitrogens is 2. The molecule has 3 rings (SSSR count). The van der Waals surface area contributed by atoms with Gasteiger partial charge in [0.2, 0.25) is 5.91 Å². The summed E-state index contributed by atoms with van der Waals surface area (Å²) >= 11 is 0. The SMILES string of the molecule is CCc1ncc(CN(C(=O)CN2CCC(CC)CC2)C2CCNCC2)[nH]1. The van der Waals surface area contributed by atoms with Crippen LogP contribution >= 0.6 is 0 Å². The largest absolute Gasteiger partial charge is 0.344 e. The highest BCUT2D eigenvalue weighted by molar-refractivity contribution is 5.78. The third-order valence-electron chi connectivity index (χ3n) is 6.07. The number of nitrogens with zero attached hydrogens (tertiary/aromatic N) is 3. The van der Waals surface area contributed by atoms with Crippen LogP contribution in [0.15, 0.2) is 6.20 Å². The molecule has 1 aromatic heterocycles. The van der Waals surface area contributed by atoms with Gasteiger partial charge in [-0.15, -0.1) is 0 Å². The molecule has 0 atom stereocenters. The average molecular weight is 362 g/mol. The maximum absolute atomic E-state index is 13.2. The highest BCUT2D eigenvalue weighted by atomic mass is 16.2. The lowest BCUT2D eigenvalue weighted by Gasteiger charge is -2.37. The number of aromatic amines is 1. The normalized spacial score (nSPS) is 20.4. The van der Waals surface area contributed by atoms with Crippen LogP contribution in [0.4, 0.5) is 0 Å². The number of H-pyrrole nitrogens is 1. The van der Waals surface area contributed by atoms with Gasteiger partial charge in [0.05, 0.1) is 25.0 Å². The van der Waals surface area contributed by atoms with Gasteiger partial charge in [0.1, 0.15) is 5.82 Å². The molecule has 2 aliphatic heterocycles. The Morgan fingerprint density at radius 3 is 2.58 bits per heavy atom. The van der Waals surface area contributed by atoms with E-state index in [1.165, 1.54) is 19.3 Å². The van der Waals surface area contributed by atoms with E-state index in [0.29, 0.717) is 19.1 Å². The van der Waals surface area contributed by atoms with Gasteiger partial charge < -0.3 is 15.2 Å². The lowest BCUT2D eigenvalue weighted by Crippen LogP contribution is -2.50. The number of rotatable bonds is 7. The van der Waals surface area contributed by atoms with Crippen LogP contribution < -0.4 is 5.32 Å². The minimum atomic E-state index is 0.277. The first-order valence-electron chi connectivity index (χ1n) is 10.4. The maximum Gasteiger partial charge on any atom is 0.237 e. The Morgan fingerprint density at radius 1 is 1.23 bits per heavy atom. The van der Waals surface area contributed by atoms with Gasteiger partial charge in [-0.05, 0) is 57.8 Å². The second-order valence-electron chi connectivity index (χ2n) is 7.84. The van der Waals surface area contributed by atoms with E-state index < -0.39 is 0 Å². The zero-order chi connectivity index (χ0) is 18.4. The molecule has 0 saturated carbocycles. The molecule has 2 saturated heterocycles. The van der Waals surface area contributed by atoms with Crippen molar-refractivity contribution in [3.05, 3.63) is 17.7 Å². The Kier molecular flexibility index (Phi) is 7.08. The molecule has 26 heavy (non-hydrogen) atoms. The Balaban J connectivity index is 1.62. The summed E-state index contributed by atoms with van der Waals surface area (Å²) < 4.78 is 0. The van der Waals surface area contributed by atoms with Crippen molar-refractivity contribution < 1.29 is 4.79 Å². The molecule has 146 valence electrons. The van der Waals surface area contributed by atoms with Gasteiger partial charge in [-0.2, -0.15) is 0 Å². The van der Waals surface area contributed by atoms with E-state index in [1.807, 2.05) is 6.20 Å². The molecular formula is C20H35N5O. The van der Waals surface area contributed by atoms with Gasteiger partial charge in [-0.3, -0.25) is 9.69 Å². The monoisotopic (exact) mass is 361 g/mol. The minimum absolute atomic E-state index is 0.277. The molecule has 0 aromatic carbocycles. The lowest BCUT2D eigenvalue weighted by molar-refractivity contribution is -0.136. The smallest absolute Gasteiger partial charge is 0.237 e. The quantitative estimate of drug-likeness (QED) is 0.781. The number of piperidine rings is 2. The van der Waals surface area contributed by atoms with E-state index in [2.05, 4.69) is 38.9 Å². The Morgan fingerprint density at radius 2 is 1.96 bits per heavy atom. The number of carbonyl (C=O) groups is 1. The molecule has 6 nitrogen and oxygen atoms in total. The molecule has 0 aliphatic carbocycles. The summed E-state index contributed by atoms with van der Waals surface area (Å²) in [5, 5.41) is 3.41. The first-order chi connectivity index (χ1) is 12.7. The number of hydrogen-bond acceptors (Lipinski definition) is 4. The van der Waals surface area contributed by atoms with Crippen LogP contribution in [-0.2, 0) is 17.8 Å². The van der Waals surface area contributed by atoms with Gasteiger partial charge in [0, 0.05) is 12.5 Å². The molecule has 2 fully saturated rings. The first-order valence-corrected chi connectivity index (χ1v) is 10.4. The van der Waals surface area contributed by atoms with E-state index in [9.17, 15) is 4.79 Å². The van der Waals surface area contributed by atoms with Crippen molar-refractivity contribution in [1.82, 2.24) is 25.1 Å². The summed E-state index contributed by atoms with van der Waals surface area (Å²) in [5.74, 6) is 2.12. The summed E-state index contributed by atoms with van der Waals surface area (Å²) in [5.41, 5.74) is 1.05. The summed E-state index contributed by atoms with van der Waals surface area (Å²) in [6.45, 7) is 9.72. The van der Waals surface area contributed by atoms with Gasteiger partial charge in [-0.25, -0.2) is 4.98 Å². The van der Waals surface area contributed by atoms with Gasteiger partial charge in [-0.1, -0.05) is 20.3 Å². The molecular weight excluding hydrogens is 326 g/mol. The van der Waals surface area contributed by atoms with Crippen molar-refractivity contribution in [2.24, 2.45) is 5.92 Å². The van der Waals surface area contributed by atoms with Crippen LogP contribution in [0.25, 0.3) is 0 Å². The van der Waals surface area contributed by atoms with Gasteiger partial charge >= 0.3 is 0 Å². The number of imidazole rings is 1. The number of carbonyl (C=O) groups excluding carboxylic acids is 1. The van der Waals surface area contributed by atoms with Crippen LogP contribution in [0, 0.1) is 5.92 Å². The van der Waals surface area contributed by atoms with Gasteiger partial charge in [0.25, 0.3) is 0 Å². The third-order valence-corrected chi connectivity index (χ3v) is 6.07. The molecule has 0 spiro atoms. The van der Waals surface area contributed by atoms with E-state index in [-0.39, 0.29) is 5.91 Å². The Bertz CT molecular complexity index is 558. The zero-order valence-corrected chi connectivity index (χ0v) is 16.5. The van der Waals surface area contributed by atoms with Crippen LogP contribution in [-0.4, -0.2) is 64.4 Å². The molecule has 1 amide bonds. The summed E-state index contributed by atoms with van der Waals surface area (Å²) in [4.78, 5) is 25.4. The predicted octanol–water partition coefficient (Wildman–Crippen LogP) is 2.17. The molecule has 6 heteroatoms. The van der Waals surface area contributed by atoms with E-state index in [0.717, 1.165) is 62.9 Å². The third kappa shape index (κ3) is 5.07. The highest BCUT2D eigenvalue weighted by Crippen LogP contribution is 2.21. The van der Waals surface area contributed by atoms with E-state index in [4.69, 9.17) is 0 Å². The van der Waals surface area contributed by atoms with Crippen molar-refractivity contribution >= 4 is 5.91 Å². The topological polar surface area (TPSA) is 64.3 Å². The average Bonchev–Trinajstić information content (AvgIpc) is 3.15. The molecule has 0 bridgehead atoms. The fraction of sp³-hybridized carbons (Fsp3) is 0.800. The standard InChI is InChI=1S/C20H35N5O/c1-3-16-7-11-24(12-8-16)15-20(26)25(18-5-9-21-10-6-18)14-17-13-22-19(4-2)23-17/h13,16,18,21H,3-12,14-15H2,1-2H3,(H,22,23). The second-order valence-corrected chi connectivity index (χ2v) is 7.84. The highest BCUT2D eigenvalue weighted by Gasteiger charge is 2.28. The molecule has 3 heterocycles. The molecule has 2 aliphatic rings. The summed E-state index contributed by atoms with van der Waals surface area (Å²) in [7, 11) is 0. The van der Waals surface area contributed by atoms with E-state index >= 15 is 0 Å². The fourth-order valence-electron chi connectivity index (χ4n) is 4.22. The number of likely N-dealkylation sites (tertiary alicyclic amines) is 1. The molecule has 0 unspecified atom stereocenters. The van der Waals surface area contributed by atoms with Crippen molar-refractivity contribution in [2.45, 2.75) is 65.0 Å². The van der Waals surface area contributed by atoms with Crippen molar-refractivity contribution in [2.75, 3.05) is 32.7 Å². The number of amides is 1. The Labute approximate surface area is 157 Å². The minimum Gasteiger partial charge on any atom is -0.344 e. The summed E-state index contributed by atoms with van der Waals surface area (Å²) in [6.07, 6.45) is 8.61. The van der Waals surface area contributed by atoms with Gasteiger partial charge in [0.15, 0.2) is 0 Å². The molecule has 2 N–H and O–H groups in total. The first kappa shape index (κ1) is 19.4. The Hall–Kier alpha value is -1.40. The van der Waals surface area contributed by atoms with Crippen LogP contribution in [0.1, 0.15) is 57.5 Å². The molecule has 1 aromatic rings. The van der Waals surface area contributed by atoms with Crippen molar-refractivity contribution in [3.8, 4) is 0 Å². The van der Waals surface area contributed by atoms with Crippen LogP contribution in [0.3, 0.4) is 0 Å². The predicted molar refractivity (Wildman–Crippen MR) is 104 cm³/mol.